The van der Waals surface area contributed by atoms with Crippen LogP contribution in [-0.2, 0) is 0 Å². The lowest BCUT2D eigenvalue weighted by Gasteiger charge is -2.33. The number of rotatable bonds is 3. The normalized spacial score (nSPS) is 18.7. The lowest BCUT2D eigenvalue weighted by Crippen LogP contribution is -2.30. The van der Waals surface area contributed by atoms with Crippen molar-refractivity contribution in [3.63, 3.8) is 0 Å². The van der Waals surface area contributed by atoms with Crippen molar-refractivity contribution < 1.29 is 19.4 Å². The van der Waals surface area contributed by atoms with Gasteiger partial charge in [-0.15, -0.1) is 0 Å². The van der Waals surface area contributed by atoms with Gasteiger partial charge in [0.05, 0.1) is 18.6 Å². The summed E-state index contributed by atoms with van der Waals surface area (Å²) in [6, 6.07) is 21.7. The zero-order valence-corrected chi connectivity index (χ0v) is 14.3. The Labute approximate surface area is 151 Å². The summed E-state index contributed by atoms with van der Waals surface area (Å²) in [5, 5.41) is 9.79. The van der Waals surface area contributed by atoms with Crippen molar-refractivity contribution in [1.82, 2.24) is 0 Å². The maximum Gasteiger partial charge on any atom is 0.178 e. The molecule has 130 valence electrons. The van der Waals surface area contributed by atoms with Crippen LogP contribution in [0.15, 0.2) is 72.8 Å². The van der Waals surface area contributed by atoms with Crippen molar-refractivity contribution in [1.29, 1.82) is 0 Å². The maximum absolute atomic E-state index is 13.4. The lowest BCUT2D eigenvalue weighted by atomic mass is 9.80. The highest BCUT2D eigenvalue weighted by Gasteiger charge is 2.40. The van der Waals surface area contributed by atoms with Crippen LogP contribution in [0.25, 0.3) is 0 Å². The summed E-state index contributed by atoms with van der Waals surface area (Å²) < 4.78 is 11.7. The van der Waals surface area contributed by atoms with E-state index in [0.29, 0.717) is 17.1 Å². The number of carbonyl (C=O) groups excluding carboxylic acids is 1. The van der Waals surface area contributed by atoms with Gasteiger partial charge >= 0.3 is 0 Å². The predicted octanol–water partition coefficient (Wildman–Crippen LogP) is 4.50. The summed E-state index contributed by atoms with van der Waals surface area (Å²) in [6.45, 7) is 0. The molecule has 0 fully saturated rings. The fourth-order valence-electron chi connectivity index (χ4n) is 3.45. The molecule has 1 aliphatic heterocycles. The van der Waals surface area contributed by atoms with E-state index in [4.69, 9.17) is 9.47 Å². The quantitative estimate of drug-likeness (QED) is 0.758. The average molecular weight is 346 g/mol. The monoisotopic (exact) mass is 346 g/mol. The largest absolute Gasteiger partial charge is 0.508 e. The van der Waals surface area contributed by atoms with Crippen molar-refractivity contribution in [3.8, 4) is 17.2 Å². The molecule has 1 N–H and O–H groups in total. The van der Waals surface area contributed by atoms with Gasteiger partial charge in [0.2, 0.25) is 0 Å². The van der Waals surface area contributed by atoms with Gasteiger partial charge in [-0.05, 0) is 23.8 Å². The van der Waals surface area contributed by atoms with E-state index >= 15 is 0 Å². The number of aromatic hydroxyl groups is 1. The number of fused-ring (bicyclic) bond motifs is 1. The lowest BCUT2D eigenvalue weighted by molar-refractivity contribution is 0.0777. The SMILES string of the molecule is COc1ccccc1C1C(=O)c2ccc(O)cc2OC1c1ccccc1. The van der Waals surface area contributed by atoms with Gasteiger partial charge in [-0.2, -0.15) is 0 Å². The number of benzene rings is 3. The second kappa shape index (κ2) is 6.56. The molecule has 1 heterocycles. The summed E-state index contributed by atoms with van der Waals surface area (Å²) in [7, 11) is 1.59. The number of hydrogen-bond acceptors (Lipinski definition) is 4. The molecule has 2 atom stereocenters. The zero-order chi connectivity index (χ0) is 18.1. The van der Waals surface area contributed by atoms with Crippen LogP contribution in [0.5, 0.6) is 17.2 Å². The summed E-state index contributed by atoms with van der Waals surface area (Å²) in [5.74, 6) is 0.530. The second-order valence-electron chi connectivity index (χ2n) is 6.21. The van der Waals surface area contributed by atoms with Crippen molar-refractivity contribution in [2.45, 2.75) is 12.0 Å². The first-order valence-electron chi connectivity index (χ1n) is 8.41. The Morgan fingerprint density at radius 2 is 1.69 bits per heavy atom. The summed E-state index contributed by atoms with van der Waals surface area (Å²) in [6.07, 6.45) is -0.505. The molecule has 4 heteroatoms. The third-order valence-electron chi connectivity index (χ3n) is 4.67. The molecular weight excluding hydrogens is 328 g/mol. The van der Waals surface area contributed by atoms with Gasteiger partial charge in [-0.1, -0.05) is 48.5 Å². The zero-order valence-electron chi connectivity index (χ0n) is 14.3. The van der Waals surface area contributed by atoms with Crippen LogP contribution in [0.1, 0.15) is 33.5 Å². The number of Topliss-reactive ketones (excluding diaryl/α,β-unsaturated/α-hetero) is 1. The highest BCUT2D eigenvalue weighted by molar-refractivity contribution is 6.05. The minimum Gasteiger partial charge on any atom is -0.508 e. The number of carbonyl (C=O) groups is 1. The Morgan fingerprint density at radius 1 is 0.962 bits per heavy atom. The van der Waals surface area contributed by atoms with Crippen molar-refractivity contribution in [2.75, 3.05) is 7.11 Å². The third-order valence-corrected chi connectivity index (χ3v) is 4.67. The maximum atomic E-state index is 13.4. The summed E-state index contributed by atoms with van der Waals surface area (Å²) in [4.78, 5) is 13.4. The first-order chi connectivity index (χ1) is 12.7. The molecule has 0 amide bonds. The molecule has 0 aliphatic carbocycles. The highest BCUT2D eigenvalue weighted by Crippen LogP contribution is 2.46. The number of phenolic OH excluding ortho intramolecular Hbond substituents is 1. The van der Waals surface area contributed by atoms with E-state index in [1.807, 2.05) is 54.6 Å². The molecule has 4 rings (SSSR count). The van der Waals surface area contributed by atoms with E-state index < -0.39 is 12.0 Å². The average Bonchev–Trinajstić information content (AvgIpc) is 2.68. The Bertz CT molecular complexity index is 949. The number of ether oxygens (including phenoxy) is 2. The topological polar surface area (TPSA) is 55.8 Å². The van der Waals surface area contributed by atoms with Crippen LogP contribution in [0.3, 0.4) is 0 Å². The van der Waals surface area contributed by atoms with Gasteiger partial charge in [0.25, 0.3) is 0 Å². The standard InChI is InChI=1S/C22H18O4/c1-25-18-10-6-5-9-16(18)20-21(24)17-12-11-15(23)13-19(17)26-22(20)14-7-3-2-4-8-14/h2-13,20,22-23H,1H3. The molecular formula is C22H18O4. The van der Waals surface area contributed by atoms with Crippen LogP contribution < -0.4 is 9.47 Å². The fraction of sp³-hybridized carbons (Fsp3) is 0.136. The number of phenols is 1. The van der Waals surface area contributed by atoms with E-state index in [-0.39, 0.29) is 11.5 Å². The van der Waals surface area contributed by atoms with E-state index in [9.17, 15) is 9.90 Å². The Hall–Kier alpha value is -3.27. The molecule has 0 bridgehead atoms. The highest BCUT2D eigenvalue weighted by atomic mass is 16.5. The molecule has 4 nitrogen and oxygen atoms in total. The molecule has 3 aromatic carbocycles. The van der Waals surface area contributed by atoms with Crippen LogP contribution in [-0.4, -0.2) is 18.0 Å². The van der Waals surface area contributed by atoms with Gasteiger partial charge < -0.3 is 14.6 Å². The minimum absolute atomic E-state index is 0.0513. The molecule has 26 heavy (non-hydrogen) atoms. The molecule has 0 aromatic heterocycles. The number of para-hydroxylation sites is 1. The Morgan fingerprint density at radius 3 is 2.46 bits per heavy atom. The number of ketones is 1. The van der Waals surface area contributed by atoms with Crippen molar-refractivity contribution in [2.24, 2.45) is 0 Å². The molecule has 2 unspecified atom stereocenters. The molecule has 0 saturated carbocycles. The number of hydrogen-bond donors (Lipinski definition) is 1. The van der Waals surface area contributed by atoms with E-state index in [2.05, 4.69) is 0 Å². The van der Waals surface area contributed by atoms with Crippen molar-refractivity contribution >= 4 is 5.78 Å². The molecule has 0 saturated heterocycles. The van der Waals surface area contributed by atoms with Crippen LogP contribution in [0.4, 0.5) is 0 Å². The Kier molecular flexibility index (Phi) is 4.09. The van der Waals surface area contributed by atoms with Gasteiger partial charge in [-0.25, -0.2) is 0 Å². The van der Waals surface area contributed by atoms with Crippen LogP contribution >= 0.6 is 0 Å². The molecule has 1 aliphatic rings. The smallest absolute Gasteiger partial charge is 0.178 e. The third kappa shape index (κ3) is 2.69. The van der Waals surface area contributed by atoms with Gasteiger partial charge in [-0.3, -0.25) is 4.79 Å². The second-order valence-corrected chi connectivity index (χ2v) is 6.21. The number of methoxy groups -OCH3 is 1. The van der Waals surface area contributed by atoms with Crippen LogP contribution in [0.2, 0.25) is 0 Å². The fourth-order valence-corrected chi connectivity index (χ4v) is 3.45. The van der Waals surface area contributed by atoms with Crippen molar-refractivity contribution in [3.05, 3.63) is 89.5 Å². The first kappa shape index (κ1) is 16.2. The summed E-state index contributed by atoms with van der Waals surface area (Å²) >= 11 is 0. The van der Waals surface area contributed by atoms with Gasteiger partial charge in [0.15, 0.2) is 5.78 Å². The first-order valence-corrected chi connectivity index (χ1v) is 8.41. The minimum atomic E-state index is -0.536. The predicted molar refractivity (Wildman–Crippen MR) is 98.0 cm³/mol. The molecule has 0 spiro atoms. The molecule has 0 radical (unpaired) electrons. The van der Waals surface area contributed by atoms with E-state index in [1.165, 1.54) is 12.1 Å². The molecule has 3 aromatic rings. The van der Waals surface area contributed by atoms with Gasteiger partial charge in [0, 0.05) is 11.6 Å². The van der Waals surface area contributed by atoms with E-state index in [0.717, 1.165) is 11.1 Å². The summed E-state index contributed by atoms with van der Waals surface area (Å²) in [5.41, 5.74) is 2.14. The van der Waals surface area contributed by atoms with Crippen LogP contribution in [0, 0.1) is 0 Å². The Balaban J connectivity index is 1.90. The van der Waals surface area contributed by atoms with Gasteiger partial charge in [0.1, 0.15) is 23.4 Å². The van der Waals surface area contributed by atoms with E-state index in [1.54, 1.807) is 13.2 Å².